The summed E-state index contributed by atoms with van der Waals surface area (Å²) in [5, 5.41) is 0. The second kappa shape index (κ2) is 5.87. The van der Waals surface area contributed by atoms with Crippen molar-refractivity contribution in [2.75, 3.05) is 0 Å². The molecule has 0 unspecified atom stereocenters. The smallest absolute Gasteiger partial charge is 0.0936 e. The lowest BCUT2D eigenvalue weighted by Gasteiger charge is -2.28. The number of rotatable bonds is 2. The molecule has 0 bridgehead atoms. The lowest BCUT2D eigenvalue weighted by atomic mass is 9.78. The third-order valence-corrected chi connectivity index (χ3v) is 4.73. The number of ether oxygens (including phenoxy) is 1. The van der Waals surface area contributed by atoms with Crippen molar-refractivity contribution in [1.82, 2.24) is 0 Å². The second-order valence-corrected chi connectivity index (χ2v) is 8.05. The standard InChI is InChI=1S/C20H30O/c1-15-11-19(3,4)9-7-17(15)13-21-14-18-8-10-20(5,6)12-16(18)2/h11-14H,7-10H2,1-6H3/b17-13+,18-14+. The van der Waals surface area contributed by atoms with Crippen molar-refractivity contribution >= 4 is 0 Å². The molecule has 0 aromatic heterocycles. The quantitative estimate of drug-likeness (QED) is 0.541. The van der Waals surface area contributed by atoms with Gasteiger partial charge in [0, 0.05) is 0 Å². The van der Waals surface area contributed by atoms with Gasteiger partial charge >= 0.3 is 0 Å². The molecule has 0 spiro atoms. The maximum atomic E-state index is 5.78. The highest BCUT2D eigenvalue weighted by atomic mass is 16.5. The van der Waals surface area contributed by atoms with Crippen LogP contribution in [0.15, 0.2) is 47.0 Å². The first kappa shape index (κ1) is 16.1. The van der Waals surface area contributed by atoms with Crippen LogP contribution in [0.1, 0.15) is 67.2 Å². The van der Waals surface area contributed by atoms with Crippen LogP contribution in [-0.4, -0.2) is 0 Å². The minimum atomic E-state index is 0.328. The summed E-state index contributed by atoms with van der Waals surface area (Å²) in [7, 11) is 0. The summed E-state index contributed by atoms with van der Waals surface area (Å²) in [6.07, 6.45) is 13.2. The number of hydrogen-bond donors (Lipinski definition) is 0. The molecule has 116 valence electrons. The van der Waals surface area contributed by atoms with E-state index in [1.807, 2.05) is 12.5 Å². The van der Waals surface area contributed by atoms with E-state index in [1.54, 1.807) is 0 Å². The maximum Gasteiger partial charge on any atom is 0.0936 e. The van der Waals surface area contributed by atoms with Crippen molar-refractivity contribution in [3.05, 3.63) is 47.0 Å². The summed E-state index contributed by atoms with van der Waals surface area (Å²) in [5.74, 6) is 0. The summed E-state index contributed by atoms with van der Waals surface area (Å²) < 4.78 is 5.78. The van der Waals surface area contributed by atoms with Crippen LogP contribution in [-0.2, 0) is 4.74 Å². The monoisotopic (exact) mass is 286 g/mol. The van der Waals surface area contributed by atoms with E-state index in [2.05, 4.69) is 53.7 Å². The minimum Gasteiger partial charge on any atom is -0.472 e. The van der Waals surface area contributed by atoms with Gasteiger partial charge in [-0.1, -0.05) is 39.8 Å². The Balaban J connectivity index is 2.05. The molecule has 0 aromatic carbocycles. The van der Waals surface area contributed by atoms with E-state index in [9.17, 15) is 0 Å². The van der Waals surface area contributed by atoms with Crippen LogP contribution in [0.3, 0.4) is 0 Å². The molecule has 2 aliphatic rings. The molecule has 0 heterocycles. The highest BCUT2D eigenvalue weighted by Crippen LogP contribution is 2.37. The molecule has 2 aliphatic carbocycles. The van der Waals surface area contributed by atoms with Gasteiger partial charge in [0.1, 0.15) is 0 Å². The molecule has 0 atom stereocenters. The molecule has 21 heavy (non-hydrogen) atoms. The number of hydrogen-bond acceptors (Lipinski definition) is 1. The van der Waals surface area contributed by atoms with Crippen LogP contribution >= 0.6 is 0 Å². The summed E-state index contributed by atoms with van der Waals surface area (Å²) in [4.78, 5) is 0. The van der Waals surface area contributed by atoms with E-state index in [-0.39, 0.29) is 0 Å². The molecular weight excluding hydrogens is 256 g/mol. The summed E-state index contributed by atoms with van der Waals surface area (Å²) in [5.41, 5.74) is 6.05. The molecule has 1 heteroatoms. The zero-order valence-corrected chi connectivity index (χ0v) is 14.5. The predicted octanol–water partition coefficient (Wildman–Crippen LogP) is 6.30. The molecule has 0 amide bonds. The lowest BCUT2D eigenvalue weighted by Crippen LogP contribution is -2.14. The highest BCUT2D eigenvalue weighted by Gasteiger charge is 2.23. The van der Waals surface area contributed by atoms with Gasteiger partial charge in [0.2, 0.25) is 0 Å². The van der Waals surface area contributed by atoms with Crippen LogP contribution < -0.4 is 0 Å². The van der Waals surface area contributed by atoms with Gasteiger partial charge in [-0.05, 0) is 72.7 Å². The fourth-order valence-corrected chi connectivity index (χ4v) is 3.31. The fraction of sp³-hybridized carbons (Fsp3) is 0.600. The van der Waals surface area contributed by atoms with E-state index in [0.29, 0.717) is 10.8 Å². The van der Waals surface area contributed by atoms with Crippen molar-refractivity contribution in [3.63, 3.8) is 0 Å². The van der Waals surface area contributed by atoms with Crippen LogP contribution in [0.2, 0.25) is 0 Å². The Morgan fingerprint density at radius 3 is 1.52 bits per heavy atom. The average molecular weight is 286 g/mol. The summed E-state index contributed by atoms with van der Waals surface area (Å²) in [6.45, 7) is 13.6. The average Bonchev–Trinajstić information content (AvgIpc) is 2.33. The summed E-state index contributed by atoms with van der Waals surface area (Å²) in [6, 6.07) is 0. The first-order valence-electron chi connectivity index (χ1n) is 8.12. The van der Waals surface area contributed by atoms with Crippen LogP contribution in [0.4, 0.5) is 0 Å². The van der Waals surface area contributed by atoms with Gasteiger partial charge in [0.05, 0.1) is 12.5 Å². The van der Waals surface area contributed by atoms with Crippen LogP contribution in [0.25, 0.3) is 0 Å². The number of allylic oxidation sites excluding steroid dienone is 6. The molecule has 0 aromatic rings. The Morgan fingerprint density at radius 2 is 1.19 bits per heavy atom. The largest absolute Gasteiger partial charge is 0.472 e. The van der Waals surface area contributed by atoms with Crippen molar-refractivity contribution in [3.8, 4) is 0 Å². The van der Waals surface area contributed by atoms with E-state index < -0.39 is 0 Å². The molecule has 0 radical (unpaired) electrons. The maximum absolute atomic E-state index is 5.78. The third-order valence-electron chi connectivity index (χ3n) is 4.73. The lowest BCUT2D eigenvalue weighted by molar-refractivity contribution is 0.370. The topological polar surface area (TPSA) is 9.23 Å². The summed E-state index contributed by atoms with van der Waals surface area (Å²) >= 11 is 0. The third kappa shape index (κ3) is 4.36. The van der Waals surface area contributed by atoms with Crippen LogP contribution in [0.5, 0.6) is 0 Å². The Kier molecular flexibility index (Phi) is 4.51. The second-order valence-electron chi connectivity index (χ2n) is 8.05. The molecule has 0 fully saturated rings. The van der Waals surface area contributed by atoms with Gasteiger partial charge < -0.3 is 4.74 Å². The normalized spacial score (nSPS) is 28.3. The van der Waals surface area contributed by atoms with E-state index >= 15 is 0 Å². The highest BCUT2D eigenvalue weighted by molar-refractivity contribution is 5.34. The first-order valence-corrected chi connectivity index (χ1v) is 8.12. The van der Waals surface area contributed by atoms with E-state index in [0.717, 1.165) is 12.8 Å². The Morgan fingerprint density at radius 1 is 0.810 bits per heavy atom. The van der Waals surface area contributed by atoms with Gasteiger partial charge in [-0.3, -0.25) is 0 Å². The predicted molar refractivity (Wildman–Crippen MR) is 90.8 cm³/mol. The van der Waals surface area contributed by atoms with Gasteiger partial charge in [0.15, 0.2) is 0 Å². The Labute approximate surface area is 130 Å². The van der Waals surface area contributed by atoms with Crippen molar-refractivity contribution in [2.45, 2.75) is 67.2 Å². The van der Waals surface area contributed by atoms with E-state index in [1.165, 1.54) is 35.1 Å². The molecule has 1 nitrogen and oxygen atoms in total. The molecule has 0 saturated heterocycles. The SMILES string of the molecule is CC1=CC(C)(C)CC/C1=C\O/C=C1\CCC(C)(C)C=C1C. The van der Waals surface area contributed by atoms with Gasteiger partial charge in [-0.2, -0.15) is 0 Å². The van der Waals surface area contributed by atoms with Gasteiger partial charge in [0.25, 0.3) is 0 Å². The van der Waals surface area contributed by atoms with Crippen molar-refractivity contribution < 1.29 is 4.74 Å². The van der Waals surface area contributed by atoms with Crippen LogP contribution in [0, 0.1) is 10.8 Å². The van der Waals surface area contributed by atoms with E-state index in [4.69, 9.17) is 4.74 Å². The zero-order chi connectivity index (χ0) is 15.7. The Hall–Kier alpha value is -1.24. The molecule has 2 rings (SSSR count). The molecular formula is C20H30O. The minimum absolute atomic E-state index is 0.328. The molecule has 0 aliphatic heterocycles. The van der Waals surface area contributed by atoms with Crippen molar-refractivity contribution in [1.29, 1.82) is 0 Å². The first-order chi connectivity index (χ1) is 9.69. The fourth-order valence-electron chi connectivity index (χ4n) is 3.31. The van der Waals surface area contributed by atoms with Gasteiger partial charge in [-0.25, -0.2) is 0 Å². The molecule has 0 saturated carbocycles. The zero-order valence-electron chi connectivity index (χ0n) is 14.5. The Bertz CT molecular complexity index is 476. The van der Waals surface area contributed by atoms with Crippen molar-refractivity contribution in [2.24, 2.45) is 10.8 Å². The van der Waals surface area contributed by atoms with Gasteiger partial charge in [-0.15, -0.1) is 0 Å². The molecule has 0 N–H and O–H groups in total.